The summed E-state index contributed by atoms with van der Waals surface area (Å²) in [5.41, 5.74) is -0.548. The summed E-state index contributed by atoms with van der Waals surface area (Å²) < 4.78 is 13.6. The van der Waals surface area contributed by atoms with Crippen LogP contribution in [0, 0.1) is 11.2 Å². The van der Waals surface area contributed by atoms with Crippen molar-refractivity contribution >= 4 is 22.8 Å². The van der Waals surface area contributed by atoms with Gasteiger partial charge in [-0.25, -0.2) is 9.18 Å². The third kappa shape index (κ3) is 4.23. The normalized spacial score (nSPS) is 12.8. The van der Waals surface area contributed by atoms with Crippen LogP contribution in [0.4, 0.5) is 4.39 Å². The van der Waals surface area contributed by atoms with Gasteiger partial charge < -0.3 is 15.0 Å². The fourth-order valence-electron chi connectivity index (χ4n) is 2.70. The number of benzene rings is 1. The van der Waals surface area contributed by atoms with E-state index in [2.05, 4.69) is 4.98 Å². The number of amides is 1. The average Bonchev–Trinajstić information content (AvgIpc) is 2.50. The molecule has 0 aliphatic rings. The van der Waals surface area contributed by atoms with Crippen LogP contribution in [0.15, 0.2) is 29.1 Å². The zero-order chi connectivity index (χ0) is 18.9. The third-order valence-electron chi connectivity index (χ3n) is 3.91. The summed E-state index contributed by atoms with van der Waals surface area (Å²) in [6.45, 7) is 5.62. The zero-order valence-corrected chi connectivity index (χ0v) is 14.6. The van der Waals surface area contributed by atoms with Crippen molar-refractivity contribution in [3.63, 3.8) is 0 Å². The van der Waals surface area contributed by atoms with Crippen LogP contribution >= 0.6 is 0 Å². The summed E-state index contributed by atoms with van der Waals surface area (Å²) in [6, 6.07) is 3.70. The number of aromatic nitrogens is 1. The maximum atomic E-state index is 13.6. The van der Waals surface area contributed by atoms with Crippen molar-refractivity contribution in [3.8, 4) is 0 Å². The number of nitrogens with zero attached hydrogens (tertiary/aromatic N) is 1. The van der Waals surface area contributed by atoms with Crippen molar-refractivity contribution in [1.29, 1.82) is 0 Å². The molecule has 1 atom stereocenters. The van der Waals surface area contributed by atoms with Crippen molar-refractivity contribution in [2.24, 2.45) is 5.41 Å². The van der Waals surface area contributed by atoms with Crippen LogP contribution in [-0.2, 0) is 4.79 Å². The van der Waals surface area contributed by atoms with Crippen molar-refractivity contribution in [2.45, 2.75) is 33.2 Å². The molecule has 0 aliphatic heterocycles. The molecule has 0 saturated heterocycles. The molecule has 1 aromatic heterocycles. The number of nitrogens with one attached hydrogen (secondary N) is 1. The van der Waals surface area contributed by atoms with Crippen LogP contribution in [0.3, 0.4) is 0 Å². The predicted octanol–water partition coefficient (Wildman–Crippen LogP) is 2.63. The molecule has 1 unspecified atom stereocenters. The molecule has 2 N–H and O–H groups in total. The van der Waals surface area contributed by atoms with Crippen molar-refractivity contribution < 1.29 is 19.1 Å². The first-order valence-corrected chi connectivity index (χ1v) is 7.82. The van der Waals surface area contributed by atoms with Crippen molar-refractivity contribution in [3.05, 3.63) is 46.0 Å². The molecule has 7 heteroatoms. The Morgan fingerprint density at radius 3 is 2.48 bits per heavy atom. The molecule has 25 heavy (non-hydrogen) atoms. The largest absolute Gasteiger partial charge is 0.480 e. The Hall–Kier alpha value is -2.70. The minimum Gasteiger partial charge on any atom is -0.480 e. The molecule has 6 nitrogen and oxygen atoms in total. The van der Waals surface area contributed by atoms with Gasteiger partial charge in [0.05, 0.1) is 5.56 Å². The zero-order valence-electron chi connectivity index (χ0n) is 14.6. The summed E-state index contributed by atoms with van der Waals surface area (Å²) in [4.78, 5) is 39.9. The van der Waals surface area contributed by atoms with E-state index in [1.807, 2.05) is 20.8 Å². The molecule has 0 spiro atoms. The molecular weight excluding hydrogens is 327 g/mol. The van der Waals surface area contributed by atoms with Gasteiger partial charge in [0.25, 0.3) is 5.91 Å². The van der Waals surface area contributed by atoms with Crippen molar-refractivity contribution in [2.75, 3.05) is 7.05 Å². The van der Waals surface area contributed by atoms with Gasteiger partial charge in [-0.15, -0.1) is 0 Å². The first kappa shape index (κ1) is 18.6. The number of likely N-dealkylation sites (N-methyl/N-ethyl adjacent to an activating group) is 1. The summed E-state index contributed by atoms with van der Waals surface area (Å²) in [5.74, 6) is -2.33. The number of hydrogen-bond acceptors (Lipinski definition) is 3. The molecule has 0 saturated carbocycles. The first-order valence-electron chi connectivity index (χ1n) is 7.82. The van der Waals surface area contributed by atoms with E-state index in [9.17, 15) is 23.9 Å². The van der Waals surface area contributed by atoms with Crippen LogP contribution in [0.25, 0.3) is 10.9 Å². The molecule has 134 valence electrons. The smallest absolute Gasteiger partial charge is 0.326 e. The predicted molar refractivity (Wildman–Crippen MR) is 92.1 cm³/mol. The summed E-state index contributed by atoms with van der Waals surface area (Å²) >= 11 is 0. The topological polar surface area (TPSA) is 90.5 Å². The van der Waals surface area contributed by atoms with E-state index in [0.29, 0.717) is 5.52 Å². The number of hydrogen-bond donors (Lipinski definition) is 2. The number of rotatable bonds is 4. The maximum Gasteiger partial charge on any atom is 0.326 e. The number of carboxylic acids is 1. The molecule has 2 rings (SSSR count). The van der Waals surface area contributed by atoms with Crippen LogP contribution < -0.4 is 5.56 Å². The molecule has 1 amide bonds. The standard InChI is InChI=1S/C18H21FN2O4/c1-18(2,3)9-14(17(24)25)21(4)16(23)12-8-15(22)20-13-6-5-10(19)7-11(12)13/h5-8,14H,9H2,1-4H3,(H,20,22)(H,24,25). The molecule has 1 aromatic carbocycles. The Balaban J connectivity index is 2.52. The van der Waals surface area contributed by atoms with E-state index in [1.54, 1.807) is 0 Å². The fraction of sp³-hybridized carbons (Fsp3) is 0.389. The number of halogens is 1. The Morgan fingerprint density at radius 2 is 1.92 bits per heavy atom. The Bertz CT molecular complexity index is 883. The van der Waals surface area contributed by atoms with E-state index >= 15 is 0 Å². The molecule has 1 heterocycles. The van der Waals surface area contributed by atoms with Gasteiger partial charge in [-0.1, -0.05) is 20.8 Å². The molecule has 2 aromatic rings. The Morgan fingerprint density at radius 1 is 1.28 bits per heavy atom. The van der Waals surface area contributed by atoms with Gasteiger partial charge >= 0.3 is 5.97 Å². The van der Waals surface area contributed by atoms with Gasteiger partial charge in [-0.2, -0.15) is 0 Å². The first-order chi connectivity index (χ1) is 11.5. The SMILES string of the molecule is CN(C(=O)c1cc(=O)[nH]c2ccc(F)cc12)C(CC(C)(C)C)C(=O)O. The van der Waals surface area contributed by atoms with Gasteiger partial charge in [0.1, 0.15) is 11.9 Å². The number of H-pyrrole nitrogens is 1. The average molecular weight is 348 g/mol. The van der Waals surface area contributed by atoms with E-state index < -0.39 is 29.3 Å². The molecule has 0 aliphatic carbocycles. The number of carboxylic acid groups (broad SMARTS) is 1. The second-order valence-electron chi connectivity index (χ2n) is 7.27. The highest BCUT2D eigenvalue weighted by molar-refractivity contribution is 6.06. The minimum atomic E-state index is -1.13. The highest BCUT2D eigenvalue weighted by atomic mass is 19.1. The minimum absolute atomic E-state index is 0.0269. The number of pyridine rings is 1. The van der Waals surface area contributed by atoms with Gasteiger partial charge in [0.15, 0.2) is 0 Å². The fourth-order valence-corrected chi connectivity index (χ4v) is 2.70. The number of aromatic amines is 1. The molecule has 0 radical (unpaired) electrons. The van der Waals surface area contributed by atoms with Gasteiger partial charge in [0.2, 0.25) is 5.56 Å². The van der Waals surface area contributed by atoms with Crippen LogP contribution in [0.2, 0.25) is 0 Å². The maximum absolute atomic E-state index is 13.6. The van der Waals surface area contributed by atoms with Crippen LogP contribution in [0.5, 0.6) is 0 Å². The lowest BCUT2D eigenvalue weighted by Gasteiger charge is -2.30. The van der Waals surface area contributed by atoms with Gasteiger partial charge in [0, 0.05) is 24.0 Å². The lowest BCUT2D eigenvalue weighted by molar-refractivity contribution is -0.143. The number of aliphatic carboxylic acids is 1. The third-order valence-corrected chi connectivity index (χ3v) is 3.91. The lowest BCUT2D eigenvalue weighted by Crippen LogP contribution is -2.44. The molecule has 0 bridgehead atoms. The second kappa shape index (κ2) is 6.66. The van der Waals surface area contributed by atoms with Crippen LogP contribution in [-0.4, -0.2) is 40.0 Å². The lowest BCUT2D eigenvalue weighted by atomic mass is 9.87. The highest BCUT2D eigenvalue weighted by Gasteiger charge is 2.32. The quantitative estimate of drug-likeness (QED) is 0.889. The number of carbonyl (C=O) groups is 2. The van der Waals surface area contributed by atoms with E-state index in [0.717, 1.165) is 17.0 Å². The van der Waals surface area contributed by atoms with Crippen molar-refractivity contribution in [1.82, 2.24) is 9.88 Å². The van der Waals surface area contributed by atoms with Crippen LogP contribution in [0.1, 0.15) is 37.6 Å². The monoisotopic (exact) mass is 348 g/mol. The Labute approximate surface area is 144 Å². The van der Waals surface area contributed by atoms with Gasteiger partial charge in [-0.05, 0) is 30.0 Å². The summed E-state index contributed by atoms with van der Waals surface area (Å²) in [6.07, 6.45) is 0.236. The number of carbonyl (C=O) groups excluding carboxylic acids is 1. The van der Waals surface area contributed by atoms with Gasteiger partial charge in [-0.3, -0.25) is 9.59 Å². The second-order valence-corrected chi connectivity index (χ2v) is 7.27. The number of fused-ring (bicyclic) bond motifs is 1. The van der Waals surface area contributed by atoms with E-state index in [1.165, 1.54) is 19.2 Å². The molecular formula is C18H21FN2O4. The van der Waals surface area contributed by atoms with E-state index in [-0.39, 0.29) is 22.8 Å². The van der Waals surface area contributed by atoms with E-state index in [4.69, 9.17) is 0 Å². The summed E-state index contributed by atoms with van der Waals surface area (Å²) in [7, 11) is 1.37. The Kier molecular flexibility index (Phi) is 4.97. The summed E-state index contributed by atoms with van der Waals surface area (Å²) in [5, 5.41) is 9.73. The highest BCUT2D eigenvalue weighted by Crippen LogP contribution is 2.25. The molecule has 0 fully saturated rings.